The van der Waals surface area contributed by atoms with Crippen LogP contribution in [0.1, 0.15) is 15.9 Å². The number of rotatable bonds is 2. The summed E-state index contributed by atoms with van der Waals surface area (Å²) in [6.07, 6.45) is 2.77. The monoisotopic (exact) mass is 376 g/mol. The standard InChI is InChI=1S/C20H12N2O4S/c23-17-13-8-4-5-9-16(13)26-19(25)14(17)11-22-18(24)15(21-20(22)27)10-12-6-2-1-3-7-12/h1-11H,(H,21,27)/b14-11-,15-10+. The van der Waals surface area contributed by atoms with Crippen LogP contribution in [0.3, 0.4) is 0 Å². The molecule has 1 saturated heterocycles. The Labute approximate surface area is 159 Å². The average Bonchev–Trinajstić information content (AvgIpc) is 2.93. The topological polar surface area (TPSA) is 75.7 Å². The third-order valence-corrected chi connectivity index (χ3v) is 4.38. The van der Waals surface area contributed by atoms with Crippen LogP contribution in [0.2, 0.25) is 0 Å². The number of thiocarbonyl (C=S) groups is 1. The maximum absolute atomic E-state index is 12.7. The molecule has 0 bridgehead atoms. The van der Waals surface area contributed by atoms with Gasteiger partial charge in [-0.1, -0.05) is 42.5 Å². The number of ketones is 1. The van der Waals surface area contributed by atoms with Gasteiger partial charge in [-0.25, -0.2) is 4.79 Å². The molecular weight excluding hydrogens is 364 g/mol. The second kappa shape index (κ2) is 6.62. The van der Waals surface area contributed by atoms with Crippen molar-refractivity contribution in [1.29, 1.82) is 0 Å². The van der Waals surface area contributed by atoms with Gasteiger partial charge in [-0.15, -0.1) is 0 Å². The SMILES string of the molecule is O=C1Oc2ccccc2C(=O)/C1=C/N1C(=O)/C(=C\c2ccccc2)NC1=S. The van der Waals surface area contributed by atoms with Gasteiger partial charge < -0.3 is 10.1 Å². The van der Waals surface area contributed by atoms with Crippen LogP contribution in [0, 0.1) is 0 Å². The van der Waals surface area contributed by atoms with E-state index in [1.165, 1.54) is 6.07 Å². The van der Waals surface area contributed by atoms with E-state index in [2.05, 4.69) is 5.32 Å². The smallest absolute Gasteiger partial charge is 0.349 e. The van der Waals surface area contributed by atoms with E-state index < -0.39 is 17.7 Å². The first-order chi connectivity index (χ1) is 13.0. The normalized spacial score (nSPS) is 19.3. The van der Waals surface area contributed by atoms with Crippen molar-refractivity contribution < 1.29 is 19.1 Å². The second-order valence-corrected chi connectivity index (χ2v) is 6.22. The van der Waals surface area contributed by atoms with E-state index in [1.54, 1.807) is 24.3 Å². The number of Topliss-reactive ketones (excluding diaryl/α,β-unsaturated/α-hetero) is 1. The Morgan fingerprint density at radius 3 is 2.44 bits per heavy atom. The fourth-order valence-corrected chi connectivity index (χ4v) is 3.00. The van der Waals surface area contributed by atoms with E-state index in [9.17, 15) is 14.4 Å². The number of carbonyl (C=O) groups is 3. The summed E-state index contributed by atoms with van der Waals surface area (Å²) in [4.78, 5) is 38.5. The largest absolute Gasteiger partial charge is 0.422 e. The van der Waals surface area contributed by atoms with Gasteiger partial charge in [-0.2, -0.15) is 0 Å². The Morgan fingerprint density at radius 1 is 0.963 bits per heavy atom. The number of benzene rings is 2. The summed E-state index contributed by atoms with van der Waals surface area (Å²) in [5.74, 6) is -1.61. The Kier molecular flexibility index (Phi) is 4.13. The highest BCUT2D eigenvalue weighted by Gasteiger charge is 2.35. The van der Waals surface area contributed by atoms with E-state index in [0.29, 0.717) is 0 Å². The van der Waals surface area contributed by atoms with Gasteiger partial charge in [0, 0.05) is 6.20 Å². The molecule has 132 valence electrons. The van der Waals surface area contributed by atoms with Gasteiger partial charge in [-0.3, -0.25) is 14.5 Å². The lowest BCUT2D eigenvalue weighted by Gasteiger charge is -2.18. The van der Waals surface area contributed by atoms with Gasteiger partial charge in [0.2, 0.25) is 5.78 Å². The van der Waals surface area contributed by atoms with E-state index in [1.807, 2.05) is 30.3 Å². The number of amides is 1. The molecule has 0 saturated carbocycles. The number of fused-ring (bicyclic) bond motifs is 1. The molecule has 0 spiro atoms. The lowest BCUT2D eigenvalue weighted by molar-refractivity contribution is -0.130. The third-order valence-electron chi connectivity index (χ3n) is 4.08. The van der Waals surface area contributed by atoms with Gasteiger partial charge in [0.25, 0.3) is 5.91 Å². The molecular formula is C20H12N2O4S. The summed E-state index contributed by atoms with van der Waals surface area (Å²) in [5, 5.41) is 2.88. The number of nitrogens with zero attached hydrogens (tertiary/aromatic N) is 1. The van der Waals surface area contributed by atoms with Crippen molar-refractivity contribution in [2.24, 2.45) is 0 Å². The summed E-state index contributed by atoms with van der Waals surface area (Å²) in [7, 11) is 0. The molecule has 4 rings (SSSR count). The minimum Gasteiger partial charge on any atom is -0.422 e. The number of para-hydroxylation sites is 1. The Morgan fingerprint density at radius 2 is 1.67 bits per heavy atom. The minimum absolute atomic E-state index is 0.0779. The molecule has 0 atom stereocenters. The van der Waals surface area contributed by atoms with Gasteiger partial charge in [-0.05, 0) is 36.0 Å². The minimum atomic E-state index is -0.824. The average molecular weight is 376 g/mol. The molecule has 27 heavy (non-hydrogen) atoms. The maximum atomic E-state index is 12.7. The highest BCUT2D eigenvalue weighted by Crippen LogP contribution is 2.28. The van der Waals surface area contributed by atoms with Crippen LogP contribution in [0.25, 0.3) is 6.08 Å². The van der Waals surface area contributed by atoms with Crippen molar-refractivity contribution in [2.75, 3.05) is 0 Å². The van der Waals surface area contributed by atoms with Gasteiger partial charge in [0.1, 0.15) is 17.0 Å². The Bertz CT molecular complexity index is 1060. The summed E-state index contributed by atoms with van der Waals surface area (Å²) in [6, 6.07) is 15.7. The van der Waals surface area contributed by atoms with Crippen molar-refractivity contribution >= 4 is 41.1 Å². The summed E-state index contributed by atoms with van der Waals surface area (Å²) >= 11 is 5.18. The molecule has 2 aliphatic heterocycles. The molecule has 2 heterocycles. The highest BCUT2D eigenvalue weighted by atomic mass is 32.1. The summed E-state index contributed by atoms with van der Waals surface area (Å²) in [5.41, 5.74) is 1.06. The van der Waals surface area contributed by atoms with Crippen molar-refractivity contribution in [1.82, 2.24) is 10.2 Å². The maximum Gasteiger partial charge on any atom is 0.349 e. The zero-order chi connectivity index (χ0) is 19.0. The molecule has 1 amide bonds. The fourth-order valence-electron chi connectivity index (χ4n) is 2.76. The van der Waals surface area contributed by atoms with Crippen LogP contribution >= 0.6 is 12.2 Å². The van der Waals surface area contributed by atoms with E-state index in [4.69, 9.17) is 17.0 Å². The van der Waals surface area contributed by atoms with Gasteiger partial charge >= 0.3 is 5.97 Å². The predicted octanol–water partition coefficient (Wildman–Crippen LogP) is 2.43. The quantitative estimate of drug-likeness (QED) is 0.285. The van der Waals surface area contributed by atoms with Crippen molar-refractivity contribution in [3.63, 3.8) is 0 Å². The number of ether oxygens (including phenoxy) is 1. The number of carbonyl (C=O) groups excluding carboxylic acids is 3. The molecule has 2 aliphatic rings. The predicted molar refractivity (Wildman–Crippen MR) is 101 cm³/mol. The van der Waals surface area contributed by atoms with Crippen LogP contribution in [-0.2, 0) is 9.59 Å². The molecule has 0 aliphatic carbocycles. The van der Waals surface area contributed by atoms with Crippen LogP contribution in [0.4, 0.5) is 0 Å². The van der Waals surface area contributed by atoms with Crippen LogP contribution in [0.15, 0.2) is 72.1 Å². The molecule has 2 aromatic carbocycles. The number of nitrogens with one attached hydrogen (secondary N) is 1. The van der Waals surface area contributed by atoms with Gasteiger partial charge in [0.15, 0.2) is 5.11 Å². The lowest BCUT2D eigenvalue weighted by atomic mass is 10.0. The highest BCUT2D eigenvalue weighted by molar-refractivity contribution is 7.80. The molecule has 7 heteroatoms. The van der Waals surface area contributed by atoms with E-state index >= 15 is 0 Å². The molecule has 0 radical (unpaired) electrons. The Balaban J connectivity index is 1.67. The summed E-state index contributed by atoms with van der Waals surface area (Å²) in [6.45, 7) is 0. The zero-order valence-corrected chi connectivity index (χ0v) is 14.7. The van der Waals surface area contributed by atoms with Crippen LogP contribution < -0.4 is 10.1 Å². The third kappa shape index (κ3) is 3.04. The molecule has 1 fully saturated rings. The van der Waals surface area contributed by atoms with Crippen molar-refractivity contribution in [3.05, 3.63) is 83.2 Å². The molecule has 2 aromatic rings. The first kappa shape index (κ1) is 16.9. The molecule has 0 aromatic heterocycles. The fraction of sp³-hybridized carbons (Fsp3) is 0. The lowest BCUT2D eigenvalue weighted by Crippen LogP contribution is -2.31. The van der Waals surface area contributed by atoms with Crippen molar-refractivity contribution in [2.45, 2.75) is 0 Å². The number of hydrogen-bond acceptors (Lipinski definition) is 5. The van der Waals surface area contributed by atoms with E-state index in [0.717, 1.165) is 16.7 Å². The van der Waals surface area contributed by atoms with E-state index in [-0.39, 0.29) is 27.7 Å². The second-order valence-electron chi connectivity index (χ2n) is 5.83. The first-order valence-electron chi connectivity index (χ1n) is 8.03. The number of hydrogen-bond donors (Lipinski definition) is 1. The summed E-state index contributed by atoms with van der Waals surface area (Å²) < 4.78 is 5.17. The number of esters is 1. The van der Waals surface area contributed by atoms with Gasteiger partial charge in [0.05, 0.1) is 5.56 Å². The van der Waals surface area contributed by atoms with Crippen molar-refractivity contribution in [3.8, 4) is 5.75 Å². The molecule has 1 N–H and O–H groups in total. The molecule has 6 nitrogen and oxygen atoms in total. The van der Waals surface area contributed by atoms with Crippen LogP contribution in [0.5, 0.6) is 5.75 Å². The first-order valence-corrected chi connectivity index (χ1v) is 8.44. The zero-order valence-electron chi connectivity index (χ0n) is 13.8. The molecule has 0 unspecified atom stereocenters. The Hall–Kier alpha value is -3.58. The van der Waals surface area contributed by atoms with Crippen LogP contribution in [-0.4, -0.2) is 27.7 Å².